The predicted molar refractivity (Wildman–Crippen MR) is 91.5 cm³/mol. The van der Waals surface area contributed by atoms with E-state index in [0.717, 1.165) is 32.1 Å². The lowest BCUT2D eigenvalue weighted by atomic mass is 9.99. The van der Waals surface area contributed by atoms with Gasteiger partial charge in [0.2, 0.25) is 0 Å². The zero-order valence-corrected chi connectivity index (χ0v) is 15.7. The lowest BCUT2D eigenvalue weighted by Gasteiger charge is -2.32. The zero-order valence-electron chi connectivity index (χ0n) is 15.7. The first kappa shape index (κ1) is 20.2. The third kappa shape index (κ3) is 6.68. The number of amides is 1. The molecule has 0 saturated carbocycles. The minimum Gasteiger partial charge on any atom is -0.444 e. The van der Waals surface area contributed by atoms with Gasteiger partial charge in [0.15, 0.2) is 0 Å². The van der Waals surface area contributed by atoms with Crippen molar-refractivity contribution in [1.29, 1.82) is 0 Å². The number of ether oxygens (including phenoxy) is 2. The predicted octanol–water partition coefficient (Wildman–Crippen LogP) is 3.59. The van der Waals surface area contributed by atoms with Crippen LogP contribution in [0.1, 0.15) is 66.7 Å². The Bertz CT molecular complexity index is 367. The highest BCUT2D eigenvalue weighted by atomic mass is 16.6. The molecule has 0 aromatic rings. The van der Waals surface area contributed by atoms with Gasteiger partial charge in [-0.15, -0.1) is 0 Å². The van der Waals surface area contributed by atoms with Crippen LogP contribution in [0.15, 0.2) is 0 Å². The summed E-state index contributed by atoms with van der Waals surface area (Å²) < 4.78 is 11.6. The average molecular weight is 329 g/mol. The Kier molecular flexibility index (Phi) is 7.81. The van der Waals surface area contributed by atoms with Gasteiger partial charge in [-0.05, 0) is 46.5 Å². The molecule has 23 heavy (non-hydrogen) atoms. The molecule has 1 N–H and O–H groups in total. The van der Waals surface area contributed by atoms with Crippen molar-refractivity contribution in [2.24, 2.45) is 5.92 Å². The SMILES string of the molecule is CCC[C@H](C[C@@H]1CC[C@H]([C@@H](C)CO)O1)N(C)C(=O)OC(C)(C)C. The van der Waals surface area contributed by atoms with E-state index >= 15 is 0 Å². The van der Waals surface area contributed by atoms with Crippen LogP contribution in [0.2, 0.25) is 0 Å². The molecule has 0 aromatic heterocycles. The molecule has 0 unspecified atom stereocenters. The van der Waals surface area contributed by atoms with Gasteiger partial charge in [-0.1, -0.05) is 20.3 Å². The highest BCUT2D eigenvalue weighted by molar-refractivity contribution is 5.68. The van der Waals surface area contributed by atoms with Gasteiger partial charge in [-0.25, -0.2) is 4.79 Å². The molecule has 0 aliphatic carbocycles. The van der Waals surface area contributed by atoms with Crippen molar-refractivity contribution in [3.8, 4) is 0 Å². The van der Waals surface area contributed by atoms with Crippen LogP contribution in [0.3, 0.4) is 0 Å². The molecular weight excluding hydrogens is 294 g/mol. The summed E-state index contributed by atoms with van der Waals surface area (Å²) in [5, 5.41) is 9.27. The second kappa shape index (κ2) is 8.88. The van der Waals surface area contributed by atoms with Crippen LogP contribution in [-0.2, 0) is 9.47 Å². The Morgan fingerprint density at radius 2 is 2.04 bits per heavy atom. The van der Waals surface area contributed by atoms with E-state index in [2.05, 4.69) is 6.92 Å². The molecule has 1 heterocycles. The normalized spacial score (nSPS) is 24.3. The van der Waals surface area contributed by atoms with Crippen molar-refractivity contribution in [3.63, 3.8) is 0 Å². The number of carbonyl (C=O) groups excluding carboxylic acids is 1. The van der Waals surface area contributed by atoms with Crippen LogP contribution in [0.25, 0.3) is 0 Å². The van der Waals surface area contributed by atoms with Crippen LogP contribution >= 0.6 is 0 Å². The summed E-state index contributed by atoms with van der Waals surface area (Å²) in [7, 11) is 1.82. The third-order valence-electron chi connectivity index (χ3n) is 4.45. The van der Waals surface area contributed by atoms with Crippen LogP contribution in [0, 0.1) is 5.92 Å². The summed E-state index contributed by atoms with van der Waals surface area (Å²) in [4.78, 5) is 14.0. The zero-order chi connectivity index (χ0) is 17.6. The largest absolute Gasteiger partial charge is 0.444 e. The van der Waals surface area contributed by atoms with E-state index in [4.69, 9.17) is 9.47 Å². The third-order valence-corrected chi connectivity index (χ3v) is 4.45. The summed E-state index contributed by atoms with van der Waals surface area (Å²) in [6, 6.07) is 0.128. The lowest BCUT2D eigenvalue weighted by molar-refractivity contribution is -0.0179. The molecule has 0 radical (unpaired) electrons. The fourth-order valence-electron chi connectivity index (χ4n) is 3.03. The van der Waals surface area contributed by atoms with E-state index in [1.807, 2.05) is 34.7 Å². The van der Waals surface area contributed by atoms with Gasteiger partial charge in [0, 0.05) is 25.6 Å². The summed E-state index contributed by atoms with van der Waals surface area (Å²) >= 11 is 0. The minimum atomic E-state index is -0.479. The van der Waals surface area contributed by atoms with E-state index in [-0.39, 0.29) is 36.9 Å². The monoisotopic (exact) mass is 329 g/mol. The first-order valence-electron chi connectivity index (χ1n) is 8.90. The van der Waals surface area contributed by atoms with E-state index in [1.54, 1.807) is 4.90 Å². The number of aliphatic hydroxyl groups is 1. The quantitative estimate of drug-likeness (QED) is 0.775. The molecule has 1 fully saturated rings. The van der Waals surface area contributed by atoms with E-state index in [9.17, 15) is 9.90 Å². The number of hydrogen-bond donors (Lipinski definition) is 1. The number of rotatable bonds is 7. The van der Waals surface area contributed by atoms with Gasteiger partial charge in [0.25, 0.3) is 0 Å². The minimum absolute atomic E-state index is 0.128. The summed E-state index contributed by atoms with van der Waals surface area (Å²) in [6.07, 6.45) is 4.80. The maximum absolute atomic E-state index is 12.3. The first-order valence-corrected chi connectivity index (χ1v) is 8.90. The summed E-state index contributed by atoms with van der Waals surface area (Å²) in [5.74, 6) is 0.174. The Balaban J connectivity index is 2.59. The van der Waals surface area contributed by atoms with Gasteiger partial charge >= 0.3 is 6.09 Å². The smallest absolute Gasteiger partial charge is 0.410 e. The van der Waals surface area contributed by atoms with Gasteiger partial charge in [0.05, 0.1) is 12.2 Å². The molecule has 1 rings (SSSR count). The van der Waals surface area contributed by atoms with Gasteiger partial charge < -0.3 is 19.5 Å². The lowest BCUT2D eigenvalue weighted by Crippen LogP contribution is -2.42. The van der Waals surface area contributed by atoms with Crippen molar-refractivity contribution in [1.82, 2.24) is 4.90 Å². The second-order valence-electron chi connectivity index (χ2n) is 7.80. The molecule has 0 bridgehead atoms. The topological polar surface area (TPSA) is 59.0 Å². The van der Waals surface area contributed by atoms with E-state index in [1.165, 1.54) is 0 Å². The van der Waals surface area contributed by atoms with Crippen LogP contribution in [-0.4, -0.2) is 53.6 Å². The highest BCUT2D eigenvalue weighted by Crippen LogP contribution is 2.29. The number of nitrogens with zero attached hydrogens (tertiary/aromatic N) is 1. The molecule has 0 spiro atoms. The highest BCUT2D eigenvalue weighted by Gasteiger charge is 2.33. The maximum atomic E-state index is 12.3. The summed E-state index contributed by atoms with van der Waals surface area (Å²) in [5.41, 5.74) is -0.479. The van der Waals surface area contributed by atoms with Crippen molar-refractivity contribution in [2.75, 3.05) is 13.7 Å². The first-order chi connectivity index (χ1) is 10.7. The fourth-order valence-corrected chi connectivity index (χ4v) is 3.03. The molecule has 1 aliphatic heterocycles. The molecule has 0 aromatic carbocycles. The van der Waals surface area contributed by atoms with E-state index < -0.39 is 5.60 Å². The van der Waals surface area contributed by atoms with Crippen LogP contribution in [0.5, 0.6) is 0 Å². The average Bonchev–Trinajstić information content (AvgIpc) is 2.92. The Labute approximate surface area is 141 Å². The molecule has 5 nitrogen and oxygen atoms in total. The molecular formula is C18H35NO4. The van der Waals surface area contributed by atoms with E-state index in [0.29, 0.717) is 0 Å². The molecule has 1 amide bonds. The molecule has 136 valence electrons. The number of hydrogen-bond acceptors (Lipinski definition) is 4. The Hall–Kier alpha value is -0.810. The van der Waals surface area contributed by atoms with Crippen molar-refractivity contribution < 1.29 is 19.4 Å². The van der Waals surface area contributed by atoms with Crippen molar-refractivity contribution in [3.05, 3.63) is 0 Å². The molecule has 1 aliphatic rings. The molecule has 4 atom stereocenters. The Morgan fingerprint density at radius 3 is 2.57 bits per heavy atom. The van der Waals surface area contributed by atoms with Gasteiger partial charge in [-0.3, -0.25) is 0 Å². The van der Waals surface area contributed by atoms with Crippen molar-refractivity contribution >= 4 is 6.09 Å². The Morgan fingerprint density at radius 1 is 1.39 bits per heavy atom. The van der Waals surface area contributed by atoms with Gasteiger partial charge in [0.1, 0.15) is 5.60 Å². The van der Waals surface area contributed by atoms with Crippen molar-refractivity contribution in [2.45, 2.75) is 90.6 Å². The van der Waals surface area contributed by atoms with Crippen LogP contribution < -0.4 is 0 Å². The van der Waals surface area contributed by atoms with Gasteiger partial charge in [-0.2, -0.15) is 0 Å². The van der Waals surface area contributed by atoms with Crippen LogP contribution in [0.4, 0.5) is 4.79 Å². The molecule has 1 saturated heterocycles. The number of carbonyl (C=O) groups is 1. The standard InChI is InChI=1S/C18H35NO4/c1-7-8-14(19(6)17(21)23-18(3,4)5)11-15-9-10-16(22-15)13(2)12-20/h13-16,20H,7-12H2,1-6H3/t13-,14+,15-,16+/m0/s1. The maximum Gasteiger partial charge on any atom is 0.410 e. The summed E-state index contributed by atoms with van der Waals surface area (Å²) in [6.45, 7) is 9.95. The fraction of sp³-hybridized carbons (Fsp3) is 0.944. The molecule has 5 heteroatoms. The second-order valence-corrected chi connectivity index (χ2v) is 7.80. The number of aliphatic hydroxyl groups excluding tert-OH is 1.